The number of rotatable bonds is 9. The van der Waals surface area contributed by atoms with Crippen LogP contribution in [0.5, 0.6) is 0 Å². The predicted molar refractivity (Wildman–Crippen MR) is 103 cm³/mol. The van der Waals surface area contributed by atoms with Crippen LogP contribution in [0.1, 0.15) is 33.6 Å². The Morgan fingerprint density at radius 3 is 2.48 bits per heavy atom. The first-order valence-electron chi connectivity index (χ1n) is 8.90. The third-order valence-corrected chi connectivity index (χ3v) is 4.90. The van der Waals surface area contributed by atoms with Gasteiger partial charge in [0.15, 0.2) is 5.96 Å². The first kappa shape index (κ1) is 22.1. The number of hydrogen-bond donors (Lipinski definition) is 3. The molecule has 1 fully saturated rings. The first-order chi connectivity index (χ1) is 11.6. The lowest BCUT2D eigenvalue weighted by atomic mass is 10.1. The Bertz CT molecular complexity index is 514. The number of hydrogen-bond acceptors (Lipinski definition) is 5. The lowest BCUT2D eigenvalue weighted by molar-refractivity contribution is 0.128. The van der Waals surface area contributed by atoms with Crippen molar-refractivity contribution in [3.63, 3.8) is 0 Å². The molecule has 1 aliphatic heterocycles. The Balaban J connectivity index is 2.54. The third kappa shape index (κ3) is 9.98. The molecule has 0 aromatic carbocycles. The van der Waals surface area contributed by atoms with Gasteiger partial charge in [0.1, 0.15) is 0 Å². The fourth-order valence-electron chi connectivity index (χ4n) is 2.85. The molecule has 0 aromatic rings. The highest BCUT2D eigenvalue weighted by Gasteiger charge is 2.23. The molecule has 3 N–H and O–H groups in total. The molecule has 0 amide bonds. The van der Waals surface area contributed by atoms with E-state index in [4.69, 9.17) is 4.74 Å². The molecule has 0 bridgehead atoms. The van der Waals surface area contributed by atoms with E-state index in [0.29, 0.717) is 12.6 Å². The van der Waals surface area contributed by atoms with Gasteiger partial charge in [0.05, 0.1) is 19.4 Å². The molecule has 0 atom stereocenters. The molecular formula is C16H35N5O3S. The second kappa shape index (κ2) is 10.3. The van der Waals surface area contributed by atoms with Crippen molar-refractivity contribution >= 4 is 16.0 Å². The summed E-state index contributed by atoms with van der Waals surface area (Å²) in [6.45, 7) is 10.6. The monoisotopic (exact) mass is 377 g/mol. The number of aliphatic imine (C=N–C) groups is 1. The highest BCUT2D eigenvalue weighted by Crippen LogP contribution is 2.10. The summed E-state index contributed by atoms with van der Waals surface area (Å²) in [5, 5.41) is 6.71. The molecule has 9 heteroatoms. The minimum Gasteiger partial charge on any atom is -0.383 e. The SMILES string of the molecule is CCNC(=NCC(C)(C)NS(C)(=O)=O)NC1CCN(CCOC)CC1. The third-order valence-electron chi connectivity index (χ3n) is 3.98. The van der Waals surface area contributed by atoms with Crippen molar-refractivity contribution in [2.24, 2.45) is 4.99 Å². The molecule has 0 aliphatic carbocycles. The van der Waals surface area contributed by atoms with Gasteiger partial charge in [-0.15, -0.1) is 0 Å². The van der Waals surface area contributed by atoms with Gasteiger partial charge in [-0.3, -0.25) is 4.99 Å². The van der Waals surface area contributed by atoms with Crippen LogP contribution in [-0.4, -0.2) is 83.6 Å². The average Bonchev–Trinajstić information content (AvgIpc) is 2.50. The van der Waals surface area contributed by atoms with Gasteiger partial charge in [-0.1, -0.05) is 0 Å². The van der Waals surface area contributed by atoms with E-state index in [1.54, 1.807) is 7.11 Å². The standard InChI is InChI=1S/C16H35N5O3S/c1-6-17-15(18-13-16(2,3)20-25(5,22)23)19-14-7-9-21(10-8-14)11-12-24-4/h14,20H,6-13H2,1-5H3,(H2,17,18,19). The highest BCUT2D eigenvalue weighted by molar-refractivity contribution is 7.88. The van der Waals surface area contributed by atoms with E-state index in [0.717, 1.165) is 51.6 Å². The molecule has 25 heavy (non-hydrogen) atoms. The van der Waals surface area contributed by atoms with E-state index in [1.165, 1.54) is 6.26 Å². The van der Waals surface area contributed by atoms with Crippen LogP contribution in [0.2, 0.25) is 0 Å². The summed E-state index contributed by atoms with van der Waals surface area (Å²) >= 11 is 0. The van der Waals surface area contributed by atoms with Gasteiger partial charge in [0.2, 0.25) is 10.0 Å². The largest absolute Gasteiger partial charge is 0.383 e. The quantitative estimate of drug-likeness (QED) is 0.386. The summed E-state index contributed by atoms with van der Waals surface area (Å²) in [5.74, 6) is 0.737. The predicted octanol–water partition coefficient (Wildman–Crippen LogP) is -0.0199. The molecule has 8 nitrogen and oxygen atoms in total. The van der Waals surface area contributed by atoms with Crippen LogP contribution < -0.4 is 15.4 Å². The summed E-state index contributed by atoms with van der Waals surface area (Å²) in [7, 11) is -1.53. The molecule has 0 saturated carbocycles. The number of nitrogens with zero attached hydrogens (tertiary/aromatic N) is 2. The van der Waals surface area contributed by atoms with Crippen LogP contribution in [-0.2, 0) is 14.8 Å². The number of piperidine rings is 1. The zero-order chi connectivity index (χ0) is 18.9. The summed E-state index contributed by atoms with van der Waals surface area (Å²) in [6, 6.07) is 0.377. The lowest BCUT2D eigenvalue weighted by Crippen LogP contribution is -2.50. The van der Waals surface area contributed by atoms with Gasteiger partial charge >= 0.3 is 0 Å². The minimum absolute atomic E-state index is 0.363. The number of guanidine groups is 1. The van der Waals surface area contributed by atoms with E-state index < -0.39 is 15.6 Å². The van der Waals surface area contributed by atoms with Crippen LogP contribution in [0.25, 0.3) is 0 Å². The number of sulfonamides is 1. The van der Waals surface area contributed by atoms with Gasteiger partial charge in [-0.05, 0) is 33.6 Å². The van der Waals surface area contributed by atoms with Gasteiger partial charge < -0.3 is 20.3 Å². The van der Waals surface area contributed by atoms with Crippen molar-refractivity contribution < 1.29 is 13.2 Å². The molecule has 1 saturated heterocycles. The maximum absolute atomic E-state index is 11.4. The molecule has 148 valence electrons. The van der Waals surface area contributed by atoms with Crippen LogP contribution in [0, 0.1) is 0 Å². The summed E-state index contributed by atoms with van der Waals surface area (Å²) in [4.78, 5) is 6.97. The van der Waals surface area contributed by atoms with Crippen LogP contribution in [0.4, 0.5) is 0 Å². The zero-order valence-corrected chi connectivity index (χ0v) is 17.1. The fraction of sp³-hybridized carbons (Fsp3) is 0.938. The van der Waals surface area contributed by atoms with E-state index in [1.807, 2.05) is 20.8 Å². The molecule has 0 spiro atoms. The van der Waals surface area contributed by atoms with Crippen molar-refractivity contribution in [1.29, 1.82) is 0 Å². The van der Waals surface area contributed by atoms with Gasteiger partial charge in [-0.2, -0.15) is 0 Å². The van der Waals surface area contributed by atoms with Crippen molar-refractivity contribution in [2.45, 2.75) is 45.2 Å². The molecule has 0 aromatic heterocycles. The van der Waals surface area contributed by atoms with E-state index >= 15 is 0 Å². The first-order valence-corrected chi connectivity index (χ1v) is 10.8. The van der Waals surface area contributed by atoms with E-state index in [9.17, 15) is 8.42 Å². The molecule has 0 radical (unpaired) electrons. The van der Waals surface area contributed by atoms with Crippen LogP contribution in [0.3, 0.4) is 0 Å². The Morgan fingerprint density at radius 1 is 1.32 bits per heavy atom. The number of ether oxygens (including phenoxy) is 1. The Morgan fingerprint density at radius 2 is 1.96 bits per heavy atom. The van der Waals surface area contributed by atoms with E-state index in [-0.39, 0.29) is 0 Å². The van der Waals surface area contributed by atoms with Crippen molar-refractivity contribution in [3.05, 3.63) is 0 Å². The molecular weight excluding hydrogens is 342 g/mol. The second-order valence-corrected chi connectivity index (χ2v) is 8.95. The highest BCUT2D eigenvalue weighted by atomic mass is 32.2. The Hall–Kier alpha value is -0.900. The zero-order valence-electron chi connectivity index (χ0n) is 16.3. The Labute approximate surface area is 152 Å². The van der Waals surface area contributed by atoms with Crippen molar-refractivity contribution in [2.75, 3.05) is 52.7 Å². The normalized spacial score (nSPS) is 18.4. The Kier molecular flexibility index (Phi) is 9.12. The molecule has 0 unspecified atom stereocenters. The minimum atomic E-state index is -3.26. The second-order valence-electron chi connectivity index (χ2n) is 7.21. The summed E-state index contributed by atoms with van der Waals surface area (Å²) in [5.41, 5.74) is -0.626. The van der Waals surface area contributed by atoms with Crippen molar-refractivity contribution in [1.82, 2.24) is 20.3 Å². The van der Waals surface area contributed by atoms with Gasteiger partial charge in [0.25, 0.3) is 0 Å². The topological polar surface area (TPSA) is 95.1 Å². The molecule has 1 rings (SSSR count). The lowest BCUT2D eigenvalue weighted by Gasteiger charge is -2.33. The maximum Gasteiger partial charge on any atom is 0.209 e. The fourth-order valence-corrected chi connectivity index (χ4v) is 3.91. The average molecular weight is 378 g/mol. The smallest absolute Gasteiger partial charge is 0.209 e. The van der Waals surface area contributed by atoms with Crippen LogP contribution in [0.15, 0.2) is 4.99 Å². The van der Waals surface area contributed by atoms with Crippen molar-refractivity contribution in [3.8, 4) is 0 Å². The summed E-state index contributed by atoms with van der Waals surface area (Å²) < 4.78 is 30.6. The van der Waals surface area contributed by atoms with Gasteiger partial charge in [0, 0.05) is 44.9 Å². The van der Waals surface area contributed by atoms with Crippen LogP contribution >= 0.6 is 0 Å². The van der Waals surface area contributed by atoms with E-state index in [2.05, 4.69) is 25.2 Å². The number of methoxy groups -OCH3 is 1. The molecule has 1 heterocycles. The van der Waals surface area contributed by atoms with Gasteiger partial charge in [-0.25, -0.2) is 13.1 Å². The summed E-state index contributed by atoms with van der Waals surface area (Å²) in [6.07, 6.45) is 3.28. The number of likely N-dealkylation sites (tertiary alicyclic amines) is 1. The maximum atomic E-state index is 11.4. The molecule has 1 aliphatic rings. The number of nitrogens with one attached hydrogen (secondary N) is 3.